The molecule has 1 atom stereocenters. The molecule has 0 bridgehead atoms. The van der Waals surface area contributed by atoms with Crippen LogP contribution in [0.2, 0.25) is 0 Å². The fraction of sp³-hybridized carbons (Fsp3) is 0.583. The molecule has 98 valence electrons. The van der Waals surface area contributed by atoms with Crippen molar-refractivity contribution < 1.29 is 4.74 Å². The Bertz CT molecular complexity index is 552. The van der Waals surface area contributed by atoms with Crippen LogP contribution >= 0.6 is 11.6 Å². The maximum absolute atomic E-state index is 5.98. The zero-order valence-corrected chi connectivity index (χ0v) is 11.8. The number of ether oxygens (including phenoxy) is 1. The van der Waals surface area contributed by atoms with Crippen molar-refractivity contribution in [2.45, 2.75) is 32.7 Å². The molecular weight excluding hydrogens is 252 g/mol. The second-order valence-electron chi connectivity index (χ2n) is 4.57. The summed E-state index contributed by atoms with van der Waals surface area (Å²) in [6, 6.07) is 0.267. The molecule has 0 amide bonds. The molecule has 0 aromatic carbocycles. The van der Waals surface area contributed by atoms with Gasteiger partial charge in [0.1, 0.15) is 12.2 Å². The fourth-order valence-corrected chi connectivity index (χ4v) is 2.09. The van der Waals surface area contributed by atoms with Crippen LogP contribution in [0.1, 0.15) is 32.6 Å². The average molecular weight is 269 g/mol. The van der Waals surface area contributed by atoms with Gasteiger partial charge in [-0.15, -0.1) is 11.6 Å². The molecule has 1 unspecified atom stereocenters. The first-order chi connectivity index (χ1) is 8.60. The van der Waals surface area contributed by atoms with Gasteiger partial charge in [0.25, 0.3) is 0 Å². The molecular formula is C12H17ClN4O. The largest absolute Gasteiger partial charge is 0.479 e. The number of hydrogen-bond donors (Lipinski definition) is 0. The van der Waals surface area contributed by atoms with Crippen LogP contribution in [0.4, 0.5) is 0 Å². The first kappa shape index (κ1) is 13.1. The van der Waals surface area contributed by atoms with Crippen molar-refractivity contribution in [1.29, 1.82) is 0 Å². The SMILES string of the molecule is COc1ncnc2c1nc(CCl)n2C(C)C(C)C. The van der Waals surface area contributed by atoms with Gasteiger partial charge in [0.05, 0.1) is 13.0 Å². The first-order valence-corrected chi connectivity index (χ1v) is 6.45. The van der Waals surface area contributed by atoms with Gasteiger partial charge in [-0.1, -0.05) is 13.8 Å². The maximum atomic E-state index is 5.98. The van der Waals surface area contributed by atoms with E-state index in [1.807, 2.05) is 0 Å². The van der Waals surface area contributed by atoms with Crippen LogP contribution < -0.4 is 4.74 Å². The van der Waals surface area contributed by atoms with Crippen LogP contribution in [0.5, 0.6) is 5.88 Å². The summed E-state index contributed by atoms with van der Waals surface area (Å²) in [5, 5.41) is 0. The highest BCUT2D eigenvalue weighted by Crippen LogP contribution is 2.28. The minimum atomic E-state index is 0.267. The zero-order valence-electron chi connectivity index (χ0n) is 11.0. The number of methoxy groups -OCH3 is 1. The van der Waals surface area contributed by atoms with Crippen molar-refractivity contribution in [3.05, 3.63) is 12.2 Å². The third kappa shape index (κ3) is 2.03. The lowest BCUT2D eigenvalue weighted by molar-refractivity contribution is 0.400. The molecule has 0 saturated carbocycles. The van der Waals surface area contributed by atoms with E-state index in [0.717, 1.165) is 11.5 Å². The van der Waals surface area contributed by atoms with Gasteiger partial charge in [-0.3, -0.25) is 0 Å². The van der Waals surface area contributed by atoms with Crippen LogP contribution in [0.15, 0.2) is 6.33 Å². The lowest BCUT2D eigenvalue weighted by atomic mass is 10.1. The minimum Gasteiger partial charge on any atom is -0.479 e. The zero-order chi connectivity index (χ0) is 13.3. The lowest BCUT2D eigenvalue weighted by Crippen LogP contribution is -2.14. The van der Waals surface area contributed by atoms with E-state index in [4.69, 9.17) is 16.3 Å². The van der Waals surface area contributed by atoms with Gasteiger partial charge >= 0.3 is 0 Å². The van der Waals surface area contributed by atoms with E-state index in [9.17, 15) is 0 Å². The molecule has 6 heteroatoms. The highest BCUT2D eigenvalue weighted by Gasteiger charge is 2.21. The summed E-state index contributed by atoms with van der Waals surface area (Å²) in [5.41, 5.74) is 1.45. The van der Waals surface area contributed by atoms with Crippen molar-refractivity contribution >= 4 is 22.8 Å². The predicted octanol–water partition coefficient (Wildman–Crippen LogP) is 2.79. The van der Waals surface area contributed by atoms with Crippen LogP contribution in [0, 0.1) is 5.92 Å². The molecule has 0 aliphatic heterocycles. The maximum Gasteiger partial charge on any atom is 0.245 e. The fourth-order valence-electron chi connectivity index (χ4n) is 1.90. The molecule has 5 nitrogen and oxygen atoms in total. The summed E-state index contributed by atoms with van der Waals surface area (Å²) >= 11 is 5.98. The Morgan fingerprint density at radius 1 is 1.33 bits per heavy atom. The van der Waals surface area contributed by atoms with Gasteiger partial charge in [-0.2, -0.15) is 4.98 Å². The Labute approximate surface area is 111 Å². The van der Waals surface area contributed by atoms with E-state index in [-0.39, 0.29) is 6.04 Å². The van der Waals surface area contributed by atoms with Crippen molar-refractivity contribution in [3.63, 3.8) is 0 Å². The summed E-state index contributed by atoms with van der Waals surface area (Å²) < 4.78 is 7.28. The molecule has 0 N–H and O–H groups in total. The Morgan fingerprint density at radius 3 is 2.61 bits per heavy atom. The predicted molar refractivity (Wildman–Crippen MR) is 71.0 cm³/mol. The molecule has 2 heterocycles. The monoisotopic (exact) mass is 268 g/mol. The van der Waals surface area contributed by atoms with E-state index < -0.39 is 0 Å². The molecule has 0 radical (unpaired) electrons. The number of halogens is 1. The number of rotatable bonds is 4. The Morgan fingerprint density at radius 2 is 2.06 bits per heavy atom. The normalized spacial score (nSPS) is 13.2. The quantitative estimate of drug-likeness (QED) is 0.800. The van der Waals surface area contributed by atoms with Gasteiger partial charge in [-0.05, 0) is 12.8 Å². The summed E-state index contributed by atoms with van der Waals surface area (Å²) in [6.07, 6.45) is 1.49. The van der Waals surface area contributed by atoms with Crippen LogP contribution in [-0.4, -0.2) is 26.6 Å². The second-order valence-corrected chi connectivity index (χ2v) is 4.84. The van der Waals surface area contributed by atoms with Gasteiger partial charge < -0.3 is 9.30 Å². The minimum absolute atomic E-state index is 0.267. The highest BCUT2D eigenvalue weighted by molar-refractivity contribution is 6.16. The summed E-state index contributed by atoms with van der Waals surface area (Å²) in [4.78, 5) is 12.9. The molecule has 18 heavy (non-hydrogen) atoms. The molecule has 2 aromatic heterocycles. The van der Waals surface area contributed by atoms with Crippen LogP contribution in [0.3, 0.4) is 0 Å². The van der Waals surface area contributed by atoms with E-state index in [1.54, 1.807) is 7.11 Å². The molecule has 0 aliphatic carbocycles. The summed E-state index contributed by atoms with van der Waals surface area (Å²) in [6.45, 7) is 6.45. The van der Waals surface area contributed by atoms with E-state index in [0.29, 0.717) is 23.2 Å². The van der Waals surface area contributed by atoms with Crippen LogP contribution in [-0.2, 0) is 5.88 Å². The molecule has 0 saturated heterocycles. The summed E-state index contributed by atoms with van der Waals surface area (Å²) in [5.74, 6) is 2.09. The number of alkyl halides is 1. The standard InChI is InChI=1S/C12H17ClN4O/c1-7(2)8(3)17-9(5-13)16-10-11(17)14-6-15-12(10)18-4/h6-8H,5H2,1-4H3. The highest BCUT2D eigenvalue weighted by atomic mass is 35.5. The second kappa shape index (κ2) is 5.10. The molecule has 0 aliphatic rings. The lowest BCUT2D eigenvalue weighted by Gasteiger charge is -2.19. The van der Waals surface area contributed by atoms with Crippen molar-refractivity contribution in [2.75, 3.05) is 7.11 Å². The molecule has 0 spiro atoms. The third-order valence-corrected chi connectivity index (χ3v) is 3.44. The Hall–Kier alpha value is -1.36. The van der Waals surface area contributed by atoms with Crippen LogP contribution in [0.25, 0.3) is 11.2 Å². The molecule has 0 fully saturated rings. The van der Waals surface area contributed by atoms with E-state index >= 15 is 0 Å². The van der Waals surface area contributed by atoms with Gasteiger partial charge in [-0.25, -0.2) is 9.97 Å². The van der Waals surface area contributed by atoms with E-state index in [2.05, 4.69) is 40.3 Å². The van der Waals surface area contributed by atoms with E-state index in [1.165, 1.54) is 6.33 Å². The molecule has 2 rings (SSSR count). The van der Waals surface area contributed by atoms with Gasteiger partial charge in [0.15, 0.2) is 11.2 Å². The number of imidazole rings is 1. The van der Waals surface area contributed by atoms with Crippen molar-refractivity contribution in [3.8, 4) is 5.88 Å². The number of nitrogens with zero attached hydrogens (tertiary/aromatic N) is 4. The smallest absolute Gasteiger partial charge is 0.245 e. The first-order valence-electron chi connectivity index (χ1n) is 5.91. The Kier molecular flexibility index (Phi) is 3.71. The number of fused-ring (bicyclic) bond motifs is 1. The van der Waals surface area contributed by atoms with Gasteiger partial charge in [0, 0.05) is 6.04 Å². The number of hydrogen-bond acceptors (Lipinski definition) is 4. The topological polar surface area (TPSA) is 52.8 Å². The number of aromatic nitrogens is 4. The van der Waals surface area contributed by atoms with Crippen molar-refractivity contribution in [1.82, 2.24) is 19.5 Å². The van der Waals surface area contributed by atoms with Crippen molar-refractivity contribution in [2.24, 2.45) is 5.92 Å². The summed E-state index contributed by atoms with van der Waals surface area (Å²) in [7, 11) is 1.58. The van der Waals surface area contributed by atoms with Gasteiger partial charge in [0.2, 0.25) is 5.88 Å². The Balaban J connectivity index is 2.70. The molecule has 2 aromatic rings. The third-order valence-electron chi connectivity index (χ3n) is 3.20. The average Bonchev–Trinajstić information content (AvgIpc) is 2.75.